The Kier molecular flexibility index (Phi) is 6.91. The lowest BCUT2D eigenvalue weighted by Gasteiger charge is -2.14. The molecule has 0 bridgehead atoms. The molecule has 0 aliphatic carbocycles. The average Bonchev–Trinajstić information content (AvgIpc) is 2.83. The largest absolute Gasteiger partial charge is 0.481 e. The van der Waals surface area contributed by atoms with Crippen LogP contribution in [0, 0.1) is 5.92 Å². The topological polar surface area (TPSA) is 98.4 Å². The number of Topliss-reactive ketones (excluding diaryl/α,β-unsaturated/α-hetero) is 1. The van der Waals surface area contributed by atoms with Gasteiger partial charge < -0.3 is 5.11 Å². The van der Waals surface area contributed by atoms with Gasteiger partial charge in [0.05, 0.1) is 38.1 Å². The van der Waals surface area contributed by atoms with Crippen molar-refractivity contribution >= 4 is 45.9 Å². The molecule has 0 aliphatic rings. The molecular weight excluding hydrogens is 491 g/mol. The van der Waals surface area contributed by atoms with E-state index >= 15 is 0 Å². The summed E-state index contributed by atoms with van der Waals surface area (Å²) in [7, 11) is 1.59. The van der Waals surface area contributed by atoms with Gasteiger partial charge in [-0.3, -0.25) is 19.0 Å². The van der Waals surface area contributed by atoms with Crippen LogP contribution in [0.25, 0.3) is 16.6 Å². The van der Waals surface area contributed by atoms with E-state index in [0.29, 0.717) is 22.2 Å². The highest BCUT2D eigenvalue weighted by Gasteiger charge is 2.25. The normalized spacial score (nSPS) is 12.0. The van der Waals surface area contributed by atoms with Gasteiger partial charge in [0.2, 0.25) is 0 Å². The van der Waals surface area contributed by atoms with Crippen molar-refractivity contribution in [3.05, 3.63) is 109 Å². The summed E-state index contributed by atoms with van der Waals surface area (Å²) in [6, 6.07) is 17.9. The second kappa shape index (κ2) is 9.90. The van der Waals surface area contributed by atoms with Crippen LogP contribution in [-0.2, 0) is 18.3 Å². The first-order valence-electron chi connectivity index (χ1n) is 10.7. The molecule has 1 heterocycles. The number of hydrogen-bond donors (Lipinski definition) is 1. The number of carbonyl (C=O) groups is 2. The van der Waals surface area contributed by atoms with E-state index in [-0.39, 0.29) is 28.5 Å². The Morgan fingerprint density at radius 1 is 0.914 bits per heavy atom. The number of hydrogen-bond acceptors (Lipinski definition) is 4. The third-order valence-electron chi connectivity index (χ3n) is 5.88. The lowest BCUT2D eigenvalue weighted by molar-refractivity contribution is -0.141. The molecular formula is C26H20Cl2N2O5. The lowest BCUT2D eigenvalue weighted by Crippen LogP contribution is -2.37. The van der Waals surface area contributed by atoms with Crippen molar-refractivity contribution in [2.24, 2.45) is 13.0 Å². The van der Waals surface area contributed by atoms with Crippen LogP contribution in [0.5, 0.6) is 0 Å². The first-order chi connectivity index (χ1) is 16.7. The number of para-hydroxylation sites is 1. The fraction of sp³-hybridized carbons (Fsp3) is 0.154. The molecule has 35 heavy (non-hydrogen) atoms. The predicted octanol–water partition coefficient (Wildman–Crippen LogP) is 4.51. The van der Waals surface area contributed by atoms with Gasteiger partial charge in [-0.1, -0.05) is 53.5 Å². The van der Waals surface area contributed by atoms with Crippen LogP contribution in [0.4, 0.5) is 0 Å². The van der Waals surface area contributed by atoms with Gasteiger partial charge in [-0.05, 0) is 48.4 Å². The molecule has 0 radical (unpaired) electrons. The van der Waals surface area contributed by atoms with E-state index in [0.717, 1.165) is 4.57 Å². The fourth-order valence-corrected chi connectivity index (χ4v) is 4.65. The molecule has 0 aliphatic heterocycles. The van der Waals surface area contributed by atoms with E-state index in [2.05, 4.69) is 0 Å². The van der Waals surface area contributed by atoms with Crippen molar-refractivity contribution in [2.75, 3.05) is 0 Å². The number of aliphatic carboxylic acids is 1. The third kappa shape index (κ3) is 4.78. The van der Waals surface area contributed by atoms with Gasteiger partial charge >= 0.3 is 11.7 Å². The van der Waals surface area contributed by atoms with E-state index in [1.165, 1.54) is 16.7 Å². The molecule has 1 aromatic heterocycles. The number of aromatic nitrogens is 2. The molecule has 1 N–H and O–H groups in total. The fourth-order valence-electron chi connectivity index (χ4n) is 4.04. The molecule has 0 spiro atoms. The molecule has 4 rings (SSSR count). The van der Waals surface area contributed by atoms with Crippen LogP contribution < -0.4 is 11.2 Å². The van der Waals surface area contributed by atoms with Crippen LogP contribution >= 0.6 is 23.2 Å². The Balaban J connectivity index is 1.61. The zero-order valence-corrected chi connectivity index (χ0v) is 20.1. The maximum Gasteiger partial charge on any atom is 0.335 e. The lowest BCUT2D eigenvalue weighted by atomic mass is 9.92. The van der Waals surface area contributed by atoms with Crippen LogP contribution in [0.15, 0.2) is 76.3 Å². The van der Waals surface area contributed by atoms with Crippen LogP contribution in [0.2, 0.25) is 10.0 Å². The Morgan fingerprint density at radius 2 is 1.54 bits per heavy atom. The minimum atomic E-state index is -1.13. The highest BCUT2D eigenvalue weighted by atomic mass is 35.5. The first-order valence-corrected chi connectivity index (χ1v) is 11.4. The predicted molar refractivity (Wildman–Crippen MR) is 135 cm³/mol. The second-order valence-corrected chi connectivity index (χ2v) is 8.94. The zero-order valence-electron chi connectivity index (χ0n) is 18.6. The van der Waals surface area contributed by atoms with Gasteiger partial charge in [0, 0.05) is 13.5 Å². The van der Waals surface area contributed by atoms with Crippen molar-refractivity contribution in [3.8, 4) is 5.69 Å². The summed E-state index contributed by atoms with van der Waals surface area (Å²) in [5.41, 5.74) is 0.682. The SMILES string of the molecule is Cn1c(=O)n(-c2ccc(CC(CC(=O)c3c(Cl)cccc3Cl)C(=O)O)cc2)c(=O)c2ccccc21. The molecule has 9 heteroatoms. The molecule has 4 aromatic rings. The molecule has 0 amide bonds. The number of fused-ring (bicyclic) bond motifs is 1. The number of halogens is 2. The van der Waals surface area contributed by atoms with Crippen molar-refractivity contribution in [1.82, 2.24) is 9.13 Å². The molecule has 0 fully saturated rings. The van der Waals surface area contributed by atoms with Crippen molar-refractivity contribution in [3.63, 3.8) is 0 Å². The zero-order chi connectivity index (χ0) is 25.3. The maximum absolute atomic E-state index is 13.0. The number of nitrogens with zero attached hydrogens (tertiary/aromatic N) is 2. The molecule has 1 unspecified atom stereocenters. The number of rotatable bonds is 7. The van der Waals surface area contributed by atoms with Gasteiger partial charge in [0.15, 0.2) is 5.78 Å². The minimum absolute atomic E-state index is 0.0635. The Labute approximate surface area is 209 Å². The second-order valence-electron chi connectivity index (χ2n) is 8.13. The van der Waals surface area contributed by atoms with Crippen LogP contribution in [-0.4, -0.2) is 26.0 Å². The summed E-state index contributed by atoms with van der Waals surface area (Å²) >= 11 is 12.2. The van der Waals surface area contributed by atoms with E-state index in [4.69, 9.17) is 23.2 Å². The summed E-state index contributed by atoms with van der Waals surface area (Å²) in [4.78, 5) is 50.4. The van der Waals surface area contributed by atoms with Gasteiger partial charge in [0.25, 0.3) is 5.56 Å². The Hall–Kier alpha value is -3.68. The van der Waals surface area contributed by atoms with E-state index < -0.39 is 28.9 Å². The average molecular weight is 511 g/mol. The van der Waals surface area contributed by atoms with E-state index in [1.807, 2.05) is 0 Å². The molecule has 1 atom stereocenters. The van der Waals surface area contributed by atoms with Gasteiger partial charge in [-0.2, -0.15) is 0 Å². The standard InChI is InChI=1S/C26H20Cl2N2O5/c1-29-21-8-3-2-5-18(21)24(32)30(26(29)35)17-11-9-15(10-12-17)13-16(25(33)34)14-22(31)23-19(27)6-4-7-20(23)28/h2-12,16H,13-14H2,1H3,(H,33,34). The molecule has 3 aromatic carbocycles. The number of ketones is 1. The van der Waals surface area contributed by atoms with Gasteiger partial charge in [-0.15, -0.1) is 0 Å². The van der Waals surface area contributed by atoms with Gasteiger partial charge in [0.1, 0.15) is 0 Å². The quantitative estimate of drug-likeness (QED) is 0.368. The number of carboxylic acid groups (broad SMARTS) is 1. The van der Waals surface area contributed by atoms with Crippen LogP contribution in [0.1, 0.15) is 22.3 Å². The highest BCUT2D eigenvalue weighted by Crippen LogP contribution is 2.27. The number of carboxylic acids is 1. The number of benzene rings is 3. The summed E-state index contributed by atoms with van der Waals surface area (Å²) in [5.74, 6) is -2.61. The van der Waals surface area contributed by atoms with Crippen molar-refractivity contribution in [1.29, 1.82) is 0 Å². The monoisotopic (exact) mass is 510 g/mol. The first kappa shape index (κ1) is 24.4. The number of carbonyl (C=O) groups excluding carboxylic acids is 1. The van der Waals surface area contributed by atoms with Crippen molar-refractivity contribution in [2.45, 2.75) is 12.8 Å². The number of aryl methyl sites for hydroxylation is 1. The summed E-state index contributed by atoms with van der Waals surface area (Å²) in [5, 5.41) is 10.4. The Bertz CT molecular complexity index is 1550. The molecule has 7 nitrogen and oxygen atoms in total. The van der Waals surface area contributed by atoms with E-state index in [9.17, 15) is 24.3 Å². The maximum atomic E-state index is 13.0. The summed E-state index contributed by atoms with van der Waals surface area (Å²) in [6.45, 7) is 0. The van der Waals surface area contributed by atoms with E-state index in [1.54, 1.807) is 61.6 Å². The molecule has 0 saturated carbocycles. The molecule has 178 valence electrons. The third-order valence-corrected chi connectivity index (χ3v) is 6.51. The van der Waals surface area contributed by atoms with Gasteiger partial charge in [-0.25, -0.2) is 9.36 Å². The Morgan fingerprint density at radius 3 is 2.17 bits per heavy atom. The smallest absolute Gasteiger partial charge is 0.335 e. The molecule has 0 saturated heterocycles. The summed E-state index contributed by atoms with van der Waals surface area (Å²) < 4.78 is 2.47. The van der Waals surface area contributed by atoms with Crippen LogP contribution in [0.3, 0.4) is 0 Å². The minimum Gasteiger partial charge on any atom is -0.481 e. The van der Waals surface area contributed by atoms with Crippen molar-refractivity contribution < 1.29 is 14.7 Å². The summed E-state index contributed by atoms with van der Waals surface area (Å²) in [6.07, 6.45) is -0.223. The highest BCUT2D eigenvalue weighted by molar-refractivity contribution is 6.39.